The molecule has 1 heterocycles. The third kappa shape index (κ3) is 4.58. The Balaban J connectivity index is 1.91. The van der Waals surface area contributed by atoms with Gasteiger partial charge in [0.05, 0.1) is 0 Å². The van der Waals surface area contributed by atoms with Crippen molar-refractivity contribution in [3.05, 3.63) is 46.2 Å². The van der Waals surface area contributed by atoms with Gasteiger partial charge in [-0.3, -0.25) is 9.59 Å². The summed E-state index contributed by atoms with van der Waals surface area (Å²) in [5.41, 5.74) is 2.60. The lowest BCUT2D eigenvalue weighted by Crippen LogP contribution is -2.37. The number of amides is 2. The molecular weight excluding hydrogens is 322 g/mol. The Kier molecular flexibility index (Phi) is 5.98. The lowest BCUT2D eigenvalue weighted by Gasteiger charge is -2.15. The Morgan fingerprint density at radius 3 is 2.54 bits per heavy atom. The van der Waals surface area contributed by atoms with E-state index in [1.165, 1.54) is 4.88 Å². The second kappa shape index (κ2) is 7.97. The van der Waals surface area contributed by atoms with Crippen molar-refractivity contribution in [2.24, 2.45) is 0 Å². The van der Waals surface area contributed by atoms with Crippen LogP contribution in [0.1, 0.15) is 23.3 Å². The molecule has 0 saturated carbocycles. The molecule has 0 spiro atoms. The Labute approximate surface area is 146 Å². The fourth-order valence-corrected chi connectivity index (χ4v) is 3.03. The molecular formula is C18H23N3O2S. The van der Waals surface area contributed by atoms with E-state index in [0.717, 1.165) is 11.3 Å². The number of aryl methyl sites for hydroxylation is 1. The summed E-state index contributed by atoms with van der Waals surface area (Å²) in [5, 5.41) is 7.36. The minimum Gasteiger partial charge on any atom is -0.378 e. The second-order valence-electron chi connectivity index (χ2n) is 5.97. The van der Waals surface area contributed by atoms with Crippen molar-refractivity contribution in [1.29, 1.82) is 0 Å². The lowest BCUT2D eigenvalue weighted by molar-refractivity contribution is -0.136. The third-order valence-corrected chi connectivity index (χ3v) is 4.88. The molecule has 2 rings (SSSR count). The van der Waals surface area contributed by atoms with Crippen LogP contribution in [-0.4, -0.2) is 32.5 Å². The number of carbonyl (C=O) groups excluding carboxylic acids is 2. The molecule has 1 aromatic heterocycles. The van der Waals surface area contributed by atoms with Gasteiger partial charge in [0.2, 0.25) is 0 Å². The molecule has 1 unspecified atom stereocenters. The number of hydrogen-bond donors (Lipinski definition) is 2. The van der Waals surface area contributed by atoms with Gasteiger partial charge in [0, 0.05) is 42.8 Å². The van der Waals surface area contributed by atoms with Gasteiger partial charge in [0.15, 0.2) is 0 Å². The highest BCUT2D eigenvalue weighted by atomic mass is 32.1. The van der Waals surface area contributed by atoms with Gasteiger partial charge in [0.25, 0.3) is 0 Å². The summed E-state index contributed by atoms with van der Waals surface area (Å²) in [6.45, 7) is 4.36. The molecule has 0 aliphatic carbocycles. The monoisotopic (exact) mass is 345 g/mol. The highest BCUT2D eigenvalue weighted by Crippen LogP contribution is 2.21. The molecule has 6 heteroatoms. The molecule has 1 atom stereocenters. The minimum absolute atomic E-state index is 0.183. The lowest BCUT2D eigenvalue weighted by atomic mass is 10.1. The Bertz CT molecular complexity index is 711. The fraction of sp³-hybridized carbons (Fsp3) is 0.333. The van der Waals surface area contributed by atoms with Crippen molar-refractivity contribution in [3.8, 4) is 0 Å². The highest BCUT2D eigenvalue weighted by Gasteiger charge is 2.16. The van der Waals surface area contributed by atoms with E-state index in [2.05, 4.69) is 10.6 Å². The molecule has 128 valence electrons. The van der Waals surface area contributed by atoms with Crippen molar-refractivity contribution >= 4 is 34.5 Å². The molecule has 0 radical (unpaired) electrons. The fourth-order valence-electron chi connectivity index (χ4n) is 2.24. The Morgan fingerprint density at radius 1 is 1.21 bits per heavy atom. The molecule has 0 fully saturated rings. The van der Waals surface area contributed by atoms with Gasteiger partial charge in [-0.1, -0.05) is 13.0 Å². The minimum atomic E-state index is -0.644. The molecule has 1 aromatic carbocycles. The van der Waals surface area contributed by atoms with Crippen LogP contribution in [0.5, 0.6) is 0 Å². The topological polar surface area (TPSA) is 61.4 Å². The SMILES string of the molecule is Cc1cc(N(C)C)ccc1NC(=O)C(=O)NCC(C)c1cccs1. The number of benzene rings is 1. The average molecular weight is 345 g/mol. The van der Waals surface area contributed by atoms with E-state index < -0.39 is 11.8 Å². The van der Waals surface area contributed by atoms with Crippen LogP contribution in [0.2, 0.25) is 0 Å². The largest absolute Gasteiger partial charge is 0.378 e. The molecule has 2 amide bonds. The number of nitrogens with one attached hydrogen (secondary N) is 2. The van der Waals surface area contributed by atoms with Gasteiger partial charge in [-0.25, -0.2) is 0 Å². The molecule has 2 aromatic rings. The smallest absolute Gasteiger partial charge is 0.313 e. The summed E-state index contributed by atoms with van der Waals surface area (Å²) in [7, 11) is 3.91. The van der Waals surface area contributed by atoms with E-state index in [-0.39, 0.29) is 5.92 Å². The standard InChI is InChI=1S/C18H23N3O2S/c1-12-10-14(21(3)4)7-8-15(12)20-18(23)17(22)19-11-13(2)16-6-5-9-24-16/h5-10,13H,11H2,1-4H3,(H,19,22)(H,20,23). The molecule has 0 saturated heterocycles. The van der Waals surface area contributed by atoms with Crippen LogP contribution >= 0.6 is 11.3 Å². The zero-order valence-corrected chi connectivity index (χ0v) is 15.2. The maximum Gasteiger partial charge on any atom is 0.313 e. The van der Waals surface area contributed by atoms with Gasteiger partial charge in [0.1, 0.15) is 0 Å². The predicted molar refractivity (Wildman–Crippen MR) is 99.9 cm³/mol. The summed E-state index contributed by atoms with van der Waals surface area (Å²) < 4.78 is 0. The third-order valence-electron chi connectivity index (χ3n) is 3.78. The second-order valence-corrected chi connectivity index (χ2v) is 6.95. The molecule has 0 aliphatic rings. The van der Waals surface area contributed by atoms with Crippen molar-refractivity contribution < 1.29 is 9.59 Å². The Morgan fingerprint density at radius 2 is 1.96 bits per heavy atom. The summed E-state index contributed by atoms with van der Waals surface area (Å²) in [6, 6.07) is 9.68. The van der Waals surface area contributed by atoms with Gasteiger partial charge >= 0.3 is 11.8 Å². The zero-order chi connectivity index (χ0) is 17.7. The van der Waals surface area contributed by atoms with Gasteiger partial charge in [-0.05, 0) is 42.1 Å². The van der Waals surface area contributed by atoms with Crippen molar-refractivity contribution in [1.82, 2.24) is 5.32 Å². The number of thiophene rings is 1. The first-order valence-corrected chi connectivity index (χ1v) is 8.67. The Hall–Kier alpha value is -2.34. The van der Waals surface area contributed by atoms with Crippen molar-refractivity contribution in [3.63, 3.8) is 0 Å². The number of nitrogens with zero attached hydrogens (tertiary/aromatic N) is 1. The molecule has 0 aliphatic heterocycles. The van der Waals surface area contributed by atoms with E-state index in [1.807, 2.05) is 68.6 Å². The van der Waals surface area contributed by atoms with E-state index in [1.54, 1.807) is 11.3 Å². The molecule has 2 N–H and O–H groups in total. The number of anilines is 2. The van der Waals surface area contributed by atoms with Crippen LogP contribution in [0.4, 0.5) is 11.4 Å². The van der Waals surface area contributed by atoms with Crippen LogP contribution in [0.3, 0.4) is 0 Å². The van der Waals surface area contributed by atoms with Crippen LogP contribution in [0.15, 0.2) is 35.7 Å². The first-order chi connectivity index (χ1) is 11.4. The first-order valence-electron chi connectivity index (χ1n) is 7.79. The summed E-state index contributed by atoms with van der Waals surface area (Å²) in [6.07, 6.45) is 0. The maximum absolute atomic E-state index is 12.1. The number of rotatable bonds is 5. The quantitative estimate of drug-likeness (QED) is 0.819. The zero-order valence-electron chi connectivity index (χ0n) is 14.4. The van der Waals surface area contributed by atoms with Crippen LogP contribution in [-0.2, 0) is 9.59 Å². The van der Waals surface area contributed by atoms with Crippen LogP contribution in [0, 0.1) is 6.92 Å². The van der Waals surface area contributed by atoms with E-state index >= 15 is 0 Å². The molecule has 0 bridgehead atoms. The first kappa shape index (κ1) is 18.0. The predicted octanol–water partition coefficient (Wildman–Crippen LogP) is 2.98. The summed E-state index contributed by atoms with van der Waals surface area (Å²) in [4.78, 5) is 27.2. The van der Waals surface area contributed by atoms with E-state index in [0.29, 0.717) is 12.2 Å². The highest BCUT2D eigenvalue weighted by molar-refractivity contribution is 7.10. The van der Waals surface area contributed by atoms with E-state index in [4.69, 9.17) is 0 Å². The normalized spacial score (nSPS) is 11.7. The average Bonchev–Trinajstić information content (AvgIpc) is 3.08. The van der Waals surface area contributed by atoms with Crippen LogP contribution < -0.4 is 15.5 Å². The summed E-state index contributed by atoms with van der Waals surface area (Å²) in [5.74, 6) is -1.08. The summed E-state index contributed by atoms with van der Waals surface area (Å²) >= 11 is 1.64. The number of carbonyl (C=O) groups is 2. The van der Waals surface area contributed by atoms with Crippen molar-refractivity contribution in [2.75, 3.05) is 30.9 Å². The van der Waals surface area contributed by atoms with Gasteiger partial charge in [-0.2, -0.15) is 0 Å². The van der Waals surface area contributed by atoms with Gasteiger partial charge < -0.3 is 15.5 Å². The maximum atomic E-state index is 12.1. The molecule has 5 nitrogen and oxygen atoms in total. The molecule has 24 heavy (non-hydrogen) atoms. The van der Waals surface area contributed by atoms with Gasteiger partial charge in [-0.15, -0.1) is 11.3 Å². The van der Waals surface area contributed by atoms with Crippen molar-refractivity contribution in [2.45, 2.75) is 19.8 Å². The number of hydrogen-bond acceptors (Lipinski definition) is 4. The van der Waals surface area contributed by atoms with E-state index in [9.17, 15) is 9.59 Å². The van der Waals surface area contributed by atoms with Crippen LogP contribution in [0.25, 0.3) is 0 Å².